The summed E-state index contributed by atoms with van der Waals surface area (Å²) in [5, 5.41) is 54.8. The second-order valence-electron chi connectivity index (χ2n) is 28.9. The molecule has 4 fully saturated rings. The van der Waals surface area contributed by atoms with Crippen LogP contribution in [0.2, 0.25) is 0 Å². The van der Waals surface area contributed by atoms with E-state index >= 15 is 0 Å². The molecule has 10 rings (SSSR count). The van der Waals surface area contributed by atoms with Gasteiger partial charge in [0, 0.05) is 139 Å². The lowest BCUT2D eigenvalue weighted by Gasteiger charge is -2.42. The van der Waals surface area contributed by atoms with Gasteiger partial charge in [0.25, 0.3) is 13.1 Å². The van der Waals surface area contributed by atoms with E-state index in [-0.39, 0.29) is 117 Å². The molecule has 0 aliphatic carbocycles. The standard InChI is InChI=1S/C41H51N9O14.C34H43N9O11.CO2/c1-23-12-14-48(32(53)19-42-5)20-30(23)47(8)36-28-13-15-49(37(28)44-22-43-36)40(55)45(6)16-17-46(7)41(56)60-21-27-10-11-31(29(18-27)50(57)58)63-39-35(62-26(4)52)33(61-25(3)51)24(2)34(64-39)38(54)59-9;1-20-8-10-41(27(45)15-35-2)16-24(20)40(5)30-22-9-11-42(31(22)37-19-36-30)33(48)38(3)12-13-39(4)34(49)53-17-21-6-7-26(23(14-21)43(50)51)54-32-29(47)28(46)25(44)18-52-32;2-1-3/h10-11,13,15,18,22-24,30,33-35,39H,12,14,16-17,19-21H2,1-4,6-9H3;6-7,9,11,14,19-20,24-25,28-29,32,44,46-47H,8,10,12-13,15-18H2,1,3-5H3;/t23-,24+,30+,33+,34+,35-,39-;20-,24+,25-,28+,29-,32+;/m11./s1. The van der Waals surface area contributed by atoms with Crippen molar-refractivity contribution in [3.63, 3.8) is 0 Å². The molecular formula is C76H94N18O27. The van der Waals surface area contributed by atoms with E-state index in [1.165, 1.54) is 86.7 Å². The van der Waals surface area contributed by atoms with Crippen LogP contribution in [0.1, 0.15) is 58.6 Å². The largest absolute Gasteiger partial charge is 0.467 e. The summed E-state index contributed by atoms with van der Waals surface area (Å²) in [6, 6.07) is 9.94. The Morgan fingerprint density at radius 2 is 1.02 bits per heavy atom. The van der Waals surface area contributed by atoms with Crippen molar-refractivity contribution in [2.45, 2.75) is 122 Å². The Kier molecular flexibility index (Phi) is 32.6. The smallest absolute Gasteiger partial charge is 0.409 e. The summed E-state index contributed by atoms with van der Waals surface area (Å²) in [6.45, 7) is 22.9. The topological polar surface area (TPSA) is 514 Å². The minimum absolute atomic E-state index is 0.0445. The van der Waals surface area contributed by atoms with E-state index in [4.69, 9.17) is 65.4 Å². The quantitative estimate of drug-likeness (QED) is 0.0243. The Labute approximate surface area is 691 Å². The maximum absolute atomic E-state index is 13.6. The first-order valence-electron chi connectivity index (χ1n) is 37.7. The lowest BCUT2D eigenvalue weighted by atomic mass is 9.90. The first-order chi connectivity index (χ1) is 57.5. The maximum atomic E-state index is 13.6. The van der Waals surface area contributed by atoms with Gasteiger partial charge in [-0.1, -0.05) is 32.9 Å². The number of carbonyl (C=O) groups excluding carboxylic acids is 11. The van der Waals surface area contributed by atoms with Crippen LogP contribution in [0.3, 0.4) is 0 Å². The summed E-state index contributed by atoms with van der Waals surface area (Å²) in [5.74, 6) is -2.74. The van der Waals surface area contributed by atoms with Crippen LogP contribution in [0.4, 0.5) is 42.2 Å². The highest BCUT2D eigenvalue weighted by Gasteiger charge is 2.53. The molecule has 0 bridgehead atoms. The predicted molar refractivity (Wildman–Crippen MR) is 417 cm³/mol. The first-order valence-corrected chi connectivity index (χ1v) is 37.7. The summed E-state index contributed by atoms with van der Waals surface area (Å²) in [6.07, 6.45) is -5.63. The van der Waals surface area contributed by atoms with Gasteiger partial charge in [-0.15, -0.1) is 0 Å². The summed E-state index contributed by atoms with van der Waals surface area (Å²) < 4.78 is 51.3. The molecule has 45 nitrogen and oxygen atoms in total. The molecule has 4 aromatic heterocycles. The minimum atomic E-state index is -1.67. The summed E-state index contributed by atoms with van der Waals surface area (Å²) in [4.78, 5) is 190. The van der Waals surface area contributed by atoms with Crippen molar-refractivity contribution in [1.29, 1.82) is 0 Å². The van der Waals surface area contributed by atoms with Crippen LogP contribution in [0.15, 0.2) is 73.6 Å². The number of nitrogens with zero attached hydrogens (tertiary/aromatic N) is 18. The van der Waals surface area contributed by atoms with E-state index in [1.807, 2.05) is 23.9 Å². The number of amides is 6. The van der Waals surface area contributed by atoms with Gasteiger partial charge in [-0.3, -0.25) is 48.5 Å². The molecule has 0 radical (unpaired) electrons. The van der Waals surface area contributed by atoms with Crippen molar-refractivity contribution >= 4 is 105 Å². The fourth-order valence-electron chi connectivity index (χ4n) is 13.9. The van der Waals surface area contributed by atoms with Crippen molar-refractivity contribution in [3.8, 4) is 11.5 Å². The molecule has 4 aliphatic rings. The van der Waals surface area contributed by atoms with Crippen LogP contribution in [-0.2, 0) is 79.9 Å². The fraction of sp³-hybridized carbons (Fsp3) is 0.526. The number of aliphatic hydroxyl groups is 3. The lowest BCUT2D eigenvalue weighted by Crippen LogP contribution is -2.60. The Morgan fingerprint density at radius 3 is 1.42 bits per heavy atom. The number of methoxy groups -OCH3 is 1. The molecule has 45 heteroatoms. The Morgan fingerprint density at radius 1 is 0.603 bits per heavy atom. The normalized spacial score (nSPS) is 21.6. The number of benzene rings is 2. The number of likely N-dealkylation sites (N-methyl/N-ethyl adjacent to an activating group) is 6. The van der Waals surface area contributed by atoms with Crippen molar-refractivity contribution in [1.82, 2.24) is 58.5 Å². The van der Waals surface area contributed by atoms with Crippen LogP contribution in [-0.4, -0.2) is 326 Å². The SMILES string of the molecule is O=C=O.[C-]#[N+]CC(=O)N1CC[C@@H](C)[C@@H](N(C)c2ncnc3c2ccn3C(=O)N(C)CCN(C)C(=O)OCc2ccc(O[C@@H]3OC[C@@H](O)[C@H](O)[C@H]3O)c([N+](=O)[O-])c2)C1.[C-]#[N+]CC(=O)N1CC[C@@H](C)[C@@H](N(C)c2ncnc3c2ccn3C(=O)N(C)CCN(C)C(=O)OCc2ccc(O[C@@H]3O[C@H](C(=O)OC)[C@@H](C)[C@H](OC(C)=O)[C@H]3OC(C)=O)c([N+](=O)[O-])c2)C1. The number of esters is 3. The van der Waals surface area contributed by atoms with Gasteiger partial charge in [0.05, 0.1) is 46.4 Å². The van der Waals surface area contributed by atoms with Gasteiger partial charge >= 0.3 is 71.5 Å². The molecule has 8 heterocycles. The molecule has 0 spiro atoms. The third-order valence-corrected chi connectivity index (χ3v) is 20.8. The monoisotopic (exact) mass is 1690 g/mol. The second kappa shape index (κ2) is 42.4. The number of fused-ring (bicyclic) bond motifs is 2. The molecule has 3 N–H and O–H groups in total. The van der Waals surface area contributed by atoms with Crippen LogP contribution in [0.25, 0.3) is 31.8 Å². The number of carbonyl (C=O) groups is 9. The Bertz CT molecular complexity index is 4890. The molecule has 0 unspecified atom stereocenters. The average molecular weight is 1690 g/mol. The number of aliphatic hydroxyl groups excluding tert-OH is 3. The number of piperidine rings is 2. The van der Waals surface area contributed by atoms with Gasteiger partial charge in [0.15, 0.2) is 35.0 Å². The average Bonchev–Trinajstić information content (AvgIpc) is 1.40. The van der Waals surface area contributed by atoms with Crippen molar-refractivity contribution < 1.29 is 121 Å². The molecular weight excluding hydrogens is 1600 g/mol. The number of hydrogen-bond donors (Lipinski definition) is 3. The summed E-state index contributed by atoms with van der Waals surface area (Å²) in [7, 11) is 10.9. The van der Waals surface area contributed by atoms with E-state index in [0.29, 0.717) is 59.9 Å². The van der Waals surface area contributed by atoms with E-state index in [1.54, 1.807) is 48.4 Å². The van der Waals surface area contributed by atoms with E-state index in [9.17, 15) is 78.7 Å². The van der Waals surface area contributed by atoms with Crippen molar-refractivity contribution in [2.24, 2.45) is 17.8 Å². The van der Waals surface area contributed by atoms with Crippen molar-refractivity contribution in [2.75, 3.05) is 131 Å². The number of aromatic nitrogens is 6. The zero-order valence-electron chi connectivity index (χ0n) is 68.2. The number of anilines is 2. The highest BCUT2D eigenvalue weighted by Crippen LogP contribution is 2.38. The minimum Gasteiger partial charge on any atom is -0.467 e. The van der Waals surface area contributed by atoms with Crippen LogP contribution in [0.5, 0.6) is 11.5 Å². The van der Waals surface area contributed by atoms with Gasteiger partial charge in [-0.05, 0) is 60.1 Å². The Balaban J connectivity index is 0.000000295. The summed E-state index contributed by atoms with van der Waals surface area (Å²) >= 11 is 0. The zero-order chi connectivity index (χ0) is 89.0. The number of rotatable bonds is 25. The van der Waals surface area contributed by atoms with Crippen LogP contribution < -0.4 is 19.3 Å². The molecule has 4 saturated heterocycles. The third kappa shape index (κ3) is 22.9. The molecule has 6 aromatic rings. The van der Waals surface area contributed by atoms with Crippen LogP contribution >= 0.6 is 0 Å². The van der Waals surface area contributed by atoms with E-state index < -0.39 is 125 Å². The van der Waals surface area contributed by atoms with Gasteiger partial charge in [0.2, 0.25) is 18.7 Å². The van der Waals surface area contributed by atoms with Crippen molar-refractivity contribution in [3.05, 3.63) is 128 Å². The number of nitro groups is 2. The molecule has 650 valence electrons. The molecule has 6 amide bonds. The summed E-state index contributed by atoms with van der Waals surface area (Å²) in [5.41, 5.74) is 0.103. The predicted octanol–water partition coefficient (Wildman–Crippen LogP) is 3.21. The van der Waals surface area contributed by atoms with Crippen LogP contribution in [0, 0.1) is 51.1 Å². The zero-order valence-corrected chi connectivity index (χ0v) is 68.2. The molecule has 13 atom stereocenters. The molecule has 0 saturated carbocycles. The van der Waals surface area contributed by atoms with Gasteiger partial charge < -0.3 is 107 Å². The highest BCUT2D eigenvalue weighted by molar-refractivity contribution is 5.96. The Hall–Kier alpha value is -13.3. The van der Waals surface area contributed by atoms with Gasteiger partial charge in [-0.2, -0.15) is 9.59 Å². The number of likely N-dealkylation sites (tertiary alicyclic amines) is 2. The molecule has 121 heavy (non-hydrogen) atoms. The third-order valence-electron chi connectivity index (χ3n) is 20.8. The first kappa shape index (κ1) is 93.2. The van der Waals surface area contributed by atoms with E-state index in [2.05, 4.69) is 43.5 Å². The lowest BCUT2D eigenvalue weighted by molar-refractivity contribution is -0.387. The fourth-order valence-corrected chi connectivity index (χ4v) is 13.9. The highest BCUT2D eigenvalue weighted by atomic mass is 16.7. The number of ether oxygens (including phenoxy) is 9. The van der Waals surface area contributed by atoms with E-state index in [0.717, 1.165) is 45.9 Å². The maximum Gasteiger partial charge on any atom is 0.409 e. The second-order valence-corrected chi connectivity index (χ2v) is 28.9. The number of hydrogen-bond acceptors (Lipinski definition) is 33. The van der Waals surface area contributed by atoms with Gasteiger partial charge in [0.1, 0.15) is 55.8 Å². The molecule has 2 aromatic carbocycles. The van der Waals surface area contributed by atoms with Gasteiger partial charge in [-0.25, -0.2) is 57.1 Å². The number of nitro benzene ring substituents is 2. The molecule has 4 aliphatic heterocycles.